The van der Waals surface area contributed by atoms with Gasteiger partial charge in [0.2, 0.25) is 0 Å². The standard InChI is InChI=1S/C8H5F2I2NO2/c9-8(10)7-6(12)5(11)3(2-13-7)1-4(14)15/h2,8H,1H2,(H,14,15). The van der Waals surface area contributed by atoms with Gasteiger partial charge in [-0.25, -0.2) is 8.78 Å². The van der Waals surface area contributed by atoms with Gasteiger partial charge in [-0.1, -0.05) is 0 Å². The average molecular weight is 439 g/mol. The summed E-state index contributed by atoms with van der Waals surface area (Å²) in [5, 5.41) is 8.58. The van der Waals surface area contributed by atoms with E-state index in [2.05, 4.69) is 4.98 Å². The maximum absolute atomic E-state index is 12.4. The largest absolute Gasteiger partial charge is 0.481 e. The van der Waals surface area contributed by atoms with Crippen molar-refractivity contribution in [2.75, 3.05) is 0 Å². The Balaban J connectivity index is 3.15. The molecule has 1 aromatic heterocycles. The molecular formula is C8H5F2I2NO2. The summed E-state index contributed by atoms with van der Waals surface area (Å²) in [6, 6.07) is 0. The van der Waals surface area contributed by atoms with Gasteiger partial charge in [0.05, 0.1) is 9.99 Å². The molecule has 0 aliphatic carbocycles. The van der Waals surface area contributed by atoms with E-state index in [-0.39, 0.29) is 12.1 Å². The highest BCUT2D eigenvalue weighted by atomic mass is 127. The normalized spacial score (nSPS) is 10.7. The molecule has 0 saturated heterocycles. The second kappa shape index (κ2) is 5.32. The molecule has 7 heteroatoms. The number of halogens is 4. The number of carboxylic acids is 1. The Morgan fingerprint density at radius 3 is 2.53 bits per heavy atom. The zero-order chi connectivity index (χ0) is 11.6. The van der Waals surface area contributed by atoms with Gasteiger partial charge in [0.15, 0.2) is 0 Å². The average Bonchev–Trinajstić information content (AvgIpc) is 2.12. The lowest BCUT2D eigenvalue weighted by Gasteiger charge is -2.07. The van der Waals surface area contributed by atoms with Crippen LogP contribution in [0.4, 0.5) is 8.78 Å². The van der Waals surface area contributed by atoms with Crippen LogP contribution in [0.2, 0.25) is 0 Å². The van der Waals surface area contributed by atoms with Crippen LogP contribution < -0.4 is 0 Å². The molecule has 0 bridgehead atoms. The quantitative estimate of drug-likeness (QED) is 0.738. The van der Waals surface area contributed by atoms with E-state index >= 15 is 0 Å². The number of rotatable bonds is 3. The van der Waals surface area contributed by atoms with Crippen LogP contribution in [-0.4, -0.2) is 16.1 Å². The summed E-state index contributed by atoms with van der Waals surface area (Å²) in [5.74, 6) is -1.00. The Kier molecular flexibility index (Phi) is 4.62. The van der Waals surface area contributed by atoms with Crippen molar-refractivity contribution in [1.82, 2.24) is 4.98 Å². The number of alkyl halides is 2. The summed E-state index contributed by atoms with van der Waals surface area (Å²) in [7, 11) is 0. The van der Waals surface area contributed by atoms with E-state index in [4.69, 9.17) is 5.11 Å². The topological polar surface area (TPSA) is 50.2 Å². The number of hydrogen-bond acceptors (Lipinski definition) is 2. The zero-order valence-corrected chi connectivity index (χ0v) is 11.5. The van der Waals surface area contributed by atoms with Gasteiger partial charge in [-0.15, -0.1) is 0 Å². The number of nitrogens with zero attached hydrogens (tertiary/aromatic N) is 1. The van der Waals surface area contributed by atoms with Gasteiger partial charge >= 0.3 is 5.97 Å². The van der Waals surface area contributed by atoms with Crippen molar-refractivity contribution in [1.29, 1.82) is 0 Å². The molecule has 0 atom stereocenters. The Morgan fingerprint density at radius 1 is 1.47 bits per heavy atom. The lowest BCUT2D eigenvalue weighted by Crippen LogP contribution is -2.06. The third-order valence-corrected chi connectivity index (χ3v) is 4.96. The fourth-order valence-corrected chi connectivity index (χ4v) is 2.28. The number of aromatic nitrogens is 1. The van der Waals surface area contributed by atoms with Gasteiger partial charge in [0, 0.05) is 9.77 Å². The van der Waals surface area contributed by atoms with Gasteiger partial charge < -0.3 is 5.11 Å². The van der Waals surface area contributed by atoms with Crippen molar-refractivity contribution in [3.05, 3.63) is 24.6 Å². The van der Waals surface area contributed by atoms with Crippen LogP contribution in [0.15, 0.2) is 6.20 Å². The van der Waals surface area contributed by atoms with Gasteiger partial charge in [-0.05, 0) is 50.7 Å². The van der Waals surface area contributed by atoms with Crippen molar-refractivity contribution in [2.45, 2.75) is 12.8 Å². The molecule has 0 aliphatic rings. The van der Waals surface area contributed by atoms with E-state index in [1.165, 1.54) is 6.20 Å². The molecule has 3 nitrogen and oxygen atoms in total. The van der Waals surface area contributed by atoms with Crippen molar-refractivity contribution >= 4 is 51.2 Å². The lowest BCUT2D eigenvalue weighted by molar-refractivity contribution is -0.136. The van der Waals surface area contributed by atoms with E-state index < -0.39 is 12.4 Å². The number of aliphatic carboxylic acids is 1. The summed E-state index contributed by atoms with van der Waals surface area (Å²) in [4.78, 5) is 14.0. The highest BCUT2D eigenvalue weighted by molar-refractivity contribution is 14.1. The summed E-state index contributed by atoms with van der Waals surface area (Å²) in [5.41, 5.74) is 0.158. The molecule has 1 aromatic rings. The first-order chi connectivity index (χ1) is 6.93. The third kappa shape index (κ3) is 3.20. The fraction of sp³-hybridized carbons (Fsp3) is 0.250. The van der Waals surface area contributed by atoms with Gasteiger partial charge in [-0.3, -0.25) is 9.78 Å². The molecule has 15 heavy (non-hydrogen) atoms. The predicted molar refractivity (Wildman–Crippen MR) is 66.0 cm³/mol. The molecule has 0 saturated carbocycles. The summed E-state index contributed by atoms with van der Waals surface area (Å²) in [6.07, 6.45) is -1.64. The van der Waals surface area contributed by atoms with E-state index in [1.54, 1.807) is 22.6 Å². The molecule has 0 aliphatic heterocycles. The maximum Gasteiger partial charge on any atom is 0.307 e. The van der Waals surface area contributed by atoms with Crippen LogP contribution >= 0.6 is 45.2 Å². The number of hydrogen-bond donors (Lipinski definition) is 1. The van der Waals surface area contributed by atoms with Crippen molar-refractivity contribution < 1.29 is 18.7 Å². The fourth-order valence-electron chi connectivity index (χ4n) is 0.953. The molecule has 82 valence electrons. The molecule has 0 aromatic carbocycles. The number of pyridine rings is 1. The van der Waals surface area contributed by atoms with Crippen molar-refractivity contribution in [3.63, 3.8) is 0 Å². The van der Waals surface area contributed by atoms with E-state index in [0.717, 1.165) is 0 Å². The minimum atomic E-state index is -2.63. The molecule has 0 radical (unpaired) electrons. The Hall–Kier alpha value is -0.0600. The summed E-state index contributed by atoms with van der Waals surface area (Å²) in [6.45, 7) is 0. The summed E-state index contributed by atoms with van der Waals surface area (Å²) < 4.78 is 25.7. The number of carboxylic acid groups (broad SMARTS) is 1. The third-order valence-electron chi connectivity index (χ3n) is 1.61. The minimum Gasteiger partial charge on any atom is -0.481 e. The molecule has 0 unspecified atom stereocenters. The molecule has 0 spiro atoms. The molecule has 1 N–H and O–H groups in total. The highest BCUT2D eigenvalue weighted by Gasteiger charge is 2.18. The van der Waals surface area contributed by atoms with E-state index in [9.17, 15) is 13.6 Å². The Morgan fingerprint density at radius 2 is 2.07 bits per heavy atom. The van der Waals surface area contributed by atoms with E-state index in [0.29, 0.717) is 12.7 Å². The molecule has 0 fully saturated rings. The zero-order valence-electron chi connectivity index (χ0n) is 7.18. The van der Waals surface area contributed by atoms with Crippen molar-refractivity contribution in [3.8, 4) is 0 Å². The van der Waals surface area contributed by atoms with Crippen LogP contribution in [0.3, 0.4) is 0 Å². The van der Waals surface area contributed by atoms with Crippen LogP contribution in [0.5, 0.6) is 0 Å². The second-order valence-electron chi connectivity index (χ2n) is 2.67. The van der Waals surface area contributed by atoms with Gasteiger partial charge in [-0.2, -0.15) is 0 Å². The number of carbonyl (C=O) groups is 1. The first-order valence-corrected chi connectivity index (χ1v) is 5.92. The van der Waals surface area contributed by atoms with Gasteiger partial charge in [0.25, 0.3) is 6.43 Å². The predicted octanol–water partition coefficient (Wildman–Crippen LogP) is 2.86. The van der Waals surface area contributed by atoms with Crippen LogP contribution in [0, 0.1) is 7.14 Å². The minimum absolute atomic E-state index is 0.204. The lowest BCUT2D eigenvalue weighted by atomic mass is 10.2. The van der Waals surface area contributed by atoms with Crippen molar-refractivity contribution in [2.24, 2.45) is 0 Å². The first-order valence-electron chi connectivity index (χ1n) is 3.76. The molecule has 0 amide bonds. The maximum atomic E-state index is 12.4. The first kappa shape index (κ1) is 13.0. The molecule has 1 heterocycles. The summed E-state index contributed by atoms with van der Waals surface area (Å²) >= 11 is 3.60. The van der Waals surface area contributed by atoms with Crippen LogP contribution in [0.25, 0.3) is 0 Å². The van der Waals surface area contributed by atoms with E-state index in [1.807, 2.05) is 22.6 Å². The van der Waals surface area contributed by atoms with Crippen LogP contribution in [0.1, 0.15) is 17.7 Å². The monoisotopic (exact) mass is 439 g/mol. The SMILES string of the molecule is O=C(O)Cc1cnc(C(F)F)c(I)c1I. The highest BCUT2D eigenvalue weighted by Crippen LogP contribution is 2.28. The molecule has 1 rings (SSSR count). The second-order valence-corrected chi connectivity index (χ2v) is 4.83. The Labute approximate surface area is 112 Å². The smallest absolute Gasteiger partial charge is 0.307 e. The molecular weight excluding hydrogens is 434 g/mol. The Bertz CT molecular complexity index is 398. The van der Waals surface area contributed by atoms with Gasteiger partial charge in [0.1, 0.15) is 5.69 Å². The van der Waals surface area contributed by atoms with Crippen LogP contribution in [-0.2, 0) is 11.2 Å².